The predicted octanol–water partition coefficient (Wildman–Crippen LogP) is 4.26. The summed E-state index contributed by atoms with van der Waals surface area (Å²) in [7, 11) is 3.14. The number of nitrogens with zero attached hydrogens (tertiary/aromatic N) is 2. The molecule has 0 spiro atoms. The number of nitrogens with one attached hydrogen (secondary N) is 2. The summed E-state index contributed by atoms with van der Waals surface area (Å²) >= 11 is 7.45. The second kappa shape index (κ2) is 9.48. The number of benzene rings is 2. The topological polar surface area (TPSA) is 89.1 Å². The standard InChI is InChI=1S/C19H19ClN4O3S/c1-26-15-8-3-12(11-16(15)27-2)18-22-19(24-23-18)21-17(25)9-10-28-14-6-4-13(20)5-7-14/h3-8,11H,9-10H2,1-2H3,(H2,21,22,23,24,25). The van der Waals surface area contributed by atoms with Gasteiger partial charge < -0.3 is 9.47 Å². The number of rotatable bonds is 8. The molecule has 0 unspecified atom stereocenters. The van der Waals surface area contributed by atoms with Crippen molar-refractivity contribution in [2.75, 3.05) is 25.3 Å². The molecule has 0 bridgehead atoms. The summed E-state index contributed by atoms with van der Waals surface area (Å²) in [5.41, 5.74) is 0.768. The molecule has 2 aromatic carbocycles. The predicted molar refractivity (Wildman–Crippen MR) is 110 cm³/mol. The van der Waals surface area contributed by atoms with Crippen LogP contribution in [0.3, 0.4) is 0 Å². The van der Waals surface area contributed by atoms with Gasteiger partial charge in [0.1, 0.15) is 0 Å². The lowest BCUT2D eigenvalue weighted by Gasteiger charge is -2.07. The Hall–Kier alpha value is -2.71. The van der Waals surface area contributed by atoms with Gasteiger partial charge in [0.2, 0.25) is 11.9 Å². The van der Waals surface area contributed by atoms with Gasteiger partial charge in [-0.1, -0.05) is 11.6 Å². The van der Waals surface area contributed by atoms with Crippen LogP contribution in [0.15, 0.2) is 47.4 Å². The Balaban J connectivity index is 1.55. The number of hydrogen-bond acceptors (Lipinski definition) is 6. The zero-order chi connectivity index (χ0) is 19.9. The normalized spacial score (nSPS) is 10.5. The molecule has 7 nitrogen and oxygen atoms in total. The van der Waals surface area contributed by atoms with Crippen LogP contribution in [0.4, 0.5) is 5.95 Å². The molecule has 146 valence electrons. The van der Waals surface area contributed by atoms with Crippen LogP contribution in [0.1, 0.15) is 6.42 Å². The maximum absolute atomic E-state index is 12.1. The van der Waals surface area contributed by atoms with Crippen LogP contribution in [0, 0.1) is 0 Å². The molecule has 0 aliphatic carbocycles. The smallest absolute Gasteiger partial charge is 0.249 e. The number of halogens is 1. The molecule has 0 aliphatic heterocycles. The molecular weight excluding hydrogens is 400 g/mol. The number of anilines is 1. The Labute approximate surface area is 171 Å². The zero-order valence-corrected chi connectivity index (χ0v) is 16.9. The van der Waals surface area contributed by atoms with Gasteiger partial charge in [0.15, 0.2) is 17.3 Å². The number of ether oxygens (including phenoxy) is 2. The van der Waals surface area contributed by atoms with Crippen molar-refractivity contribution >= 4 is 35.2 Å². The van der Waals surface area contributed by atoms with Crippen molar-refractivity contribution in [3.05, 3.63) is 47.5 Å². The maximum atomic E-state index is 12.1. The van der Waals surface area contributed by atoms with Gasteiger partial charge in [-0.05, 0) is 42.5 Å². The molecule has 9 heteroatoms. The molecule has 2 N–H and O–H groups in total. The second-order valence-electron chi connectivity index (χ2n) is 5.68. The van der Waals surface area contributed by atoms with Crippen molar-refractivity contribution in [2.24, 2.45) is 0 Å². The highest BCUT2D eigenvalue weighted by atomic mass is 35.5. The van der Waals surface area contributed by atoms with E-state index in [9.17, 15) is 4.79 Å². The fourth-order valence-corrected chi connectivity index (χ4v) is 3.39. The summed E-state index contributed by atoms with van der Waals surface area (Å²) in [5.74, 6) is 2.44. The Morgan fingerprint density at radius 1 is 1.14 bits per heavy atom. The van der Waals surface area contributed by atoms with Gasteiger partial charge in [-0.15, -0.1) is 16.9 Å². The largest absolute Gasteiger partial charge is 0.493 e. The minimum atomic E-state index is -0.153. The van der Waals surface area contributed by atoms with Gasteiger partial charge in [-0.25, -0.2) is 0 Å². The van der Waals surface area contributed by atoms with Crippen molar-refractivity contribution < 1.29 is 14.3 Å². The van der Waals surface area contributed by atoms with Crippen molar-refractivity contribution in [3.8, 4) is 22.9 Å². The summed E-state index contributed by atoms with van der Waals surface area (Å²) in [6.45, 7) is 0. The first-order valence-electron chi connectivity index (χ1n) is 8.42. The third-order valence-corrected chi connectivity index (χ3v) is 5.07. The lowest BCUT2D eigenvalue weighted by molar-refractivity contribution is -0.115. The minimum absolute atomic E-state index is 0.153. The van der Waals surface area contributed by atoms with E-state index in [2.05, 4.69) is 20.5 Å². The summed E-state index contributed by atoms with van der Waals surface area (Å²) in [4.78, 5) is 17.5. The van der Waals surface area contributed by atoms with Gasteiger partial charge >= 0.3 is 0 Å². The molecule has 0 atom stereocenters. The van der Waals surface area contributed by atoms with Gasteiger partial charge in [-0.3, -0.25) is 15.2 Å². The van der Waals surface area contributed by atoms with Gasteiger partial charge in [-0.2, -0.15) is 4.98 Å². The highest BCUT2D eigenvalue weighted by Gasteiger charge is 2.12. The van der Waals surface area contributed by atoms with Crippen LogP contribution in [0.2, 0.25) is 5.02 Å². The SMILES string of the molecule is COc1ccc(-c2nc(NC(=O)CCSc3ccc(Cl)cc3)n[nH]2)cc1OC. The number of methoxy groups -OCH3 is 2. The Morgan fingerprint density at radius 3 is 2.61 bits per heavy atom. The monoisotopic (exact) mass is 418 g/mol. The third-order valence-electron chi connectivity index (χ3n) is 3.81. The van der Waals surface area contributed by atoms with Crippen LogP contribution >= 0.6 is 23.4 Å². The molecule has 3 rings (SSSR count). The lowest BCUT2D eigenvalue weighted by atomic mass is 10.2. The molecule has 1 aromatic heterocycles. The summed E-state index contributed by atoms with van der Waals surface area (Å²) in [5, 5.41) is 10.2. The average Bonchev–Trinajstić information content (AvgIpc) is 3.17. The van der Waals surface area contributed by atoms with Crippen LogP contribution in [-0.2, 0) is 4.79 Å². The van der Waals surface area contributed by atoms with E-state index in [1.807, 2.05) is 30.3 Å². The molecule has 3 aromatic rings. The van der Waals surface area contributed by atoms with E-state index in [0.29, 0.717) is 34.5 Å². The van der Waals surface area contributed by atoms with E-state index in [0.717, 1.165) is 10.5 Å². The number of amides is 1. The van der Waals surface area contributed by atoms with E-state index in [1.165, 1.54) is 0 Å². The Bertz CT molecular complexity index is 947. The number of carbonyl (C=O) groups excluding carboxylic acids is 1. The van der Waals surface area contributed by atoms with E-state index in [4.69, 9.17) is 21.1 Å². The van der Waals surface area contributed by atoms with Crippen LogP contribution in [0.5, 0.6) is 11.5 Å². The molecule has 28 heavy (non-hydrogen) atoms. The van der Waals surface area contributed by atoms with Crippen LogP contribution in [0.25, 0.3) is 11.4 Å². The van der Waals surface area contributed by atoms with Crippen molar-refractivity contribution in [2.45, 2.75) is 11.3 Å². The Kier molecular flexibility index (Phi) is 6.78. The fraction of sp³-hybridized carbons (Fsp3) is 0.211. The highest BCUT2D eigenvalue weighted by molar-refractivity contribution is 7.99. The van der Waals surface area contributed by atoms with Gasteiger partial charge in [0.05, 0.1) is 14.2 Å². The number of carbonyl (C=O) groups is 1. The molecular formula is C19H19ClN4O3S. The molecule has 1 heterocycles. The fourth-order valence-electron chi connectivity index (χ4n) is 2.41. The van der Waals surface area contributed by atoms with E-state index in [1.54, 1.807) is 38.1 Å². The molecule has 0 saturated carbocycles. The molecule has 1 amide bonds. The quantitative estimate of drug-likeness (QED) is 0.531. The van der Waals surface area contributed by atoms with E-state index >= 15 is 0 Å². The van der Waals surface area contributed by atoms with E-state index < -0.39 is 0 Å². The first-order valence-corrected chi connectivity index (χ1v) is 9.78. The first-order chi connectivity index (χ1) is 13.6. The lowest BCUT2D eigenvalue weighted by Crippen LogP contribution is -2.13. The minimum Gasteiger partial charge on any atom is -0.493 e. The number of thioether (sulfide) groups is 1. The van der Waals surface area contributed by atoms with Gasteiger partial charge in [0.25, 0.3) is 0 Å². The van der Waals surface area contributed by atoms with Crippen LogP contribution in [-0.4, -0.2) is 41.1 Å². The van der Waals surface area contributed by atoms with Crippen molar-refractivity contribution in [1.82, 2.24) is 15.2 Å². The first kappa shape index (κ1) is 20.0. The molecule has 0 fully saturated rings. The molecule has 0 aliphatic rings. The second-order valence-corrected chi connectivity index (χ2v) is 7.28. The molecule has 0 saturated heterocycles. The number of aromatic nitrogens is 3. The van der Waals surface area contributed by atoms with Crippen molar-refractivity contribution in [3.63, 3.8) is 0 Å². The van der Waals surface area contributed by atoms with E-state index in [-0.39, 0.29) is 11.9 Å². The van der Waals surface area contributed by atoms with Crippen molar-refractivity contribution in [1.29, 1.82) is 0 Å². The average molecular weight is 419 g/mol. The third kappa shape index (κ3) is 5.17. The summed E-state index contributed by atoms with van der Waals surface area (Å²) in [6.07, 6.45) is 0.341. The Morgan fingerprint density at radius 2 is 1.89 bits per heavy atom. The van der Waals surface area contributed by atoms with Gasteiger partial charge in [0, 0.05) is 27.7 Å². The number of aromatic amines is 1. The maximum Gasteiger partial charge on any atom is 0.249 e. The highest BCUT2D eigenvalue weighted by Crippen LogP contribution is 2.31. The molecule has 0 radical (unpaired) electrons. The summed E-state index contributed by atoms with van der Waals surface area (Å²) in [6, 6.07) is 12.9. The zero-order valence-electron chi connectivity index (χ0n) is 15.4. The number of hydrogen-bond donors (Lipinski definition) is 2. The summed E-state index contributed by atoms with van der Waals surface area (Å²) < 4.78 is 10.5. The number of H-pyrrole nitrogens is 1. The van der Waals surface area contributed by atoms with Crippen LogP contribution < -0.4 is 14.8 Å².